The van der Waals surface area contributed by atoms with E-state index in [1.54, 1.807) is 48.5 Å². The first-order chi connectivity index (χ1) is 15.3. The van der Waals surface area contributed by atoms with Crippen LogP contribution >= 0.6 is 0 Å². The molecule has 1 heterocycles. The first kappa shape index (κ1) is 22.3. The molecule has 32 heavy (non-hydrogen) atoms. The van der Waals surface area contributed by atoms with Crippen molar-refractivity contribution in [3.63, 3.8) is 0 Å². The zero-order chi connectivity index (χ0) is 23.3. The molecule has 0 spiro atoms. The Morgan fingerprint density at radius 2 is 1.69 bits per heavy atom. The van der Waals surface area contributed by atoms with Gasteiger partial charge < -0.3 is 26.7 Å². The number of anilines is 3. The third-order valence-corrected chi connectivity index (χ3v) is 4.76. The molecule has 0 saturated carbocycles. The standard InChI is InChI=1S/C21H22N6O5/c1-31-20(28)13-8-6-12(7-9-13)11-32-16-5-3-2-4-14(16)10-15(27(29)30)17-18(22)25-21(24)26-19(17)23/h2-9,15H,10-11H2,1H3,(H6,22,23,24,25,26)/t15-/m0/s1. The Labute approximate surface area is 183 Å². The number of para-hydroxylation sites is 1. The van der Waals surface area contributed by atoms with Gasteiger partial charge in [-0.1, -0.05) is 30.3 Å². The Bertz CT molecular complexity index is 1110. The minimum absolute atomic E-state index is 0.0115. The van der Waals surface area contributed by atoms with Crippen LogP contribution in [0.4, 0.5) is 17.6 Å². The highest BCUT2D eigenvalue weighted by Gasteiger charge is 2.31. The van der Waals surface area contributed by atoms with Gasteiger partial charge in [0, 0.05) is 16.9 Å². The average Bonchev–Trinajstić information content (AvgIpc) is 2.76. The van der Waals surface area contributed by atoms with Crippen molar-refractivity contribution in [1.29, 1.82) is 0 Å². The van der Waals surface area contributed by atoms with Gasteiger partial charge in [-0.15, -0.1) is 0 Å². The van der Waals surface area contributed by atoms with Gasteiger partial charge in [0.2, 0.25) is 12.0 Å². The van der Waals surface area contributed by atoms with Crippen LogP contribution in [0.15, 0.2) is 48.5 Å². The highest BCUT2D eigenvalue weighted by Crippen LogP contribution is 2.32. The van der Waals surface area contributed by atoms with Gasteiger partial charge in [-0.3, -0.25) is 10.1 Å². The first-order valence-corrected chi connectivity index (χ1v) is 9.50. The van der Waals surface area contributed by atoms with Crippen molar-refractivity contribution >= 4 is 23.6 Å². The second-order valence-corrected chi connectivity index (χ2v) is 6.86. The summed E-state index contributed by atoms with van der Waals surface area (Å²) in [6, 6.07) is 12.4. The van der Waals surface area contributed by atoms with E-state index < -0.39 is 16.9 Å². The van der Waals surface area contributed by atoms with Crippen LogP contribution < -0.4 is 21.9 Å². The van der Waals surface area contributed by atoms with Crippen molar-refractivity contribution in [3.8, 4) is 5.75 Å². The molecule has 2 aromatic carbocycles. The second-order valence-electron chi connectivity index (χ2n) is 6.86. The van der Waals surface area contributed by atoms with E-state index in [0.29, 0.717) is 16.9 Å². The summed E-state index contributed by atoms with van der Waals surface area (Å²) in [5, 5.41) is 11.8. The number of carbonyl (C=O) groups excluding carboxylic acids is 1. The molecule has 166 valence electrons. The van der Waals surface area contributed by atoms with Crippen LogP contribution in [0, 0.1) is 10.1 Å². The summed E-state index contributed by atoms with van der Waals surface area (Å²) < 4.78 is 10.6. The van der Waals surface area contributed by atoms with Crippen LogP contribution in [0.3, 0.4) is 0 Å². The third kappa shape index (κ3) is 5.01. The van der Waals surface area contributed by atoms with Gasteiger partial charge in [-0.2, -0.15) is 9.97 Å². The summed E-state index contributed by atoms with van der Waals surface area (Å²) in [5.41, 5.74) is 19.0. The van der Waals surface area contributed by atoms with Crippen LogP contribution in [0.25, 0.3) is 0 Å². The molecule has 6 N–H and O–H groups in total. The van der Waals surface area contributed by atoms with Gasteiger partial charge in [0.25, 0.3) is 0 Å². The van der Waals surface area contributed by atoms with E-state index in [1.165, 1.54) is 7.11 Å². The lowest BCUT2D eigenvalue weighted by Crippen LogP contribution is -2.20. The molecule has 0 unspecified atom stereocenters. The number of nitrogens with zero attached hydrogens (tertiary/aromatic N) is 3. The van der Waals surface area contributed by atoms with Gasteiger partial charge in [0.1, 0.15) is 29.6 Å². The largest absolute Gasteiger partial charge is 0.489 e. The summed E-state index contributed by atoms with van der Waals surface area (Å²) in [7, 11) is 1.31. The molecule has 0 bridgehead atoms. The molecule has 3 rings (SSSR count). The molecule has 0 saturated heterocycles. The molecule has 11 heteroatoms. The van der Waals surface area contributed by atoms with Crippen molar-refractivity contribution in [2.75, 3.05) is 24.3 Å². The second kappa shape index (κ2) is 9.60. The number of hydrogen-bond donors (Lipinski definition) is 3. The summed E-state index contributed by atoms with van der Waals surface area (Å²) in [6.45, 7) is 0.191. The predicted octanol–water partition coefficient (Wildman–Crippen LogP) is 2.15. The van der Waals surface area contributed by atoms with Gasteiger partial charge in [-0.25, -0.2) is 4.79 Å². The quantitative estimate of drug-likeness (QED) is 0.267. The molecule has 0 radical (unpaired) electrons. The van der Waals surface area contributed by atoms with Crippen molar-refractivity contribution < 1.29 is 19.2 Å². The number of nitro groups is 1. The molecule has 1 aromatic heterocycles. The van der Waals surface area contributed by atoms with E-state index in [1.807, 2.05) is 0 Å². The molecule has 1 atom stereocenters. The molecular weight excluding hydrogens is 416 g/mol. The van der Waals surface area contributed by atoms with Crippen molar-refractivity contribution in [2.24, 2.45) is 0 Å². The Kier molecular flexibility index (Phi) is 6.68. The normalized spacial score (nSPS) is 11.5. The van der Waals surface area contributed by atoms with Gasteiger partial charge in [0.15, 0.2) is 0 Å². The molecule has 0 amide bonds. The van der Waals surface area contributed by atoms with E-state index >= 15 is 0 Å². The average molecular weight is 438 g/mol. The maximum atomic E-state index is 11.8. The highest BCUT2D eigenvalue weighted by atomic mass is 16.6. The number of nitrogen functional groups attached to an aromatic ring is 3. The van der Waals surface area contributed by atoms with Crippen molar-refractivity contribution in [3.05, 3.63) is 80.9 Å². The van der Waals surface area contributed by atoms with E-state index in [9.17, 15) is 14.9 Å². The Morgan fingerprint density at radius 1 is 1.06 bits per heavy atom. The van der Waals surface area contributed by atoms with Crippen LogP contribution in [0.5, 0.6) is 5.75 Å². The summed E-state index contributed by atoms with van der Waals surface area (Å²) in [4.78, 5) is 30.5. The topological polar surface area (TPSA) is 183 Å². The summed E-state index contributed by atoms with van der Waals surface area (Å²) in [5.74, 6) is -0.405. The maximum Gasteiger partial charge on any atom is 0.337 e. The molecule has 0 aliphatic heterocycles. The molecular formula is C21H22N6O5. The van der Waals surface area contributed by atoms with E-state index in [-0.39, 0.29) is 36.2 Å². The Balaban J connectivity index is 1.81. The number of aromatic nitrogens is 2. The number of carbonyl (C=O) groups is 1. The zero-order valence-electron chi connectivity index (χ0n) is 17.2. The first-order valence-electron chi connectivity index (χ1n) is 9.50. The molecule has 11 nitrogen and oxygen atoms in total. The van der Waals surface area contributed by atoms with Gasteiger partial charge >= 0.3 is 5.97 Å². The highest BCUT2D eigenvalue weighted by molar-refractivity contribution is 5.89. The third-order valence-electron chi connectivity index (χ3n) is 4.76. The SMILES string of the molecule is COC(=O)c1ccc(COc2ccccc2C[C@@H](c2c(N)nc(N)nc2N)[N+](=O)[O-])cc1. The number of nitrogens with two attached hydrogens (primary N) is 3. The fourth-order valence-corrected chi connectivity index (χ4v) is 3.18. The number of benzene rings is 2. The Hall–Kier alpha value is -4.41. The number of ether oxygens (including phenoxy) is 2. The fraction of sp³-hybridized carbons (Fsp3) is 0.190. The van der Waals surface area contributed by atoms with E-state index in [2.05, 4.69) is 14.7 Å². The monoisotopic (exact) mass is 438 g/mol. The summed E-state index contributed by atoms with van der Waals surface area (Å²) >= 11 is 0. The smallest absolute Gasteiger partial charge is 0.337 e. The van der Waals surface area contributed by atoms with Crippen LogP contribution in [0.1, 0.15) is 33.1 Å². The maximum absolute atomic E-state index is 11.8. The minimum atomic E-state index is -1.29. The van der Waals surface area contributed by atoms with Gasteiger partial charge in [0.05, 0.1) is 12.7 Å². The Morgan fingerprint density at radius 3 is 2.28 bits per heavy atom. The zero-order valence-corrected chi connectivity index (χ0v) is 17.2. The van der Waals surface area contributed by atoms with E-state index in [4.69, 9.17) is 21.9 Å². The number of hydrogen-bond acceptors (Lipinski definition) is 10. The number of methoxy groups -OCH3 is 1. The predicted molar refractivity (Wildman–Crippen MR) is 117 cm³/mol. The minimum Gasteiger partial charge on any atom is -0.489 e. The van der Waals surface area contributed by atoms with Gasteiger partial charge in [-0.05, 0) is 23.8 Å². The molecule has 0 aliphatic rings. The number of rotatable bonds is 8. The van der Waals surface area contributed by atoms with Crippen LogP contribution in [-0.2, 0) is 17.8 Å². The summed E-state index contributed by atoms with van der Waals surface area (Å²) in [6.07, 6.45) is -0.0495. The lowest BCUT2D eigenvalue weighted by atomic mass is 9.99. The number of esters is 1. The van der Waals surface area contributed by atoms with Crippen LogP contribution in [0.2, 0.25) is 0 Å². The molecule has 0 aliphatic carbocycles. The molecule has 0 fully saturated rings. The van der Waals surface area contributed by atoms with Crippen LogP contribution in [-0.4, -0.2) is 28.0 Å². The molecule has 3 aromatic rings. The van der Waals surface area contributed by atoms with E-state index in [0.717, 1.165) is 5.56 Å². The van der Waals surface area contributed by atoms with Crippen molar-refractivity contribution in [2.45, 2.75) is 19.1 Å². The lowest BCUT2D eigenvalue weighted by molar-refractivity contribution is -0.528. The fourth-order valence-electron chi connectivity index (χ4n) is 3.18. The lowest BCUT2D eigenvalue weighted by Gasteiger charge is -2.16. The van der Waals surface area contributed by atoms with Crippen molar-refractivity contribution in [1.82, 2.24) is 9.97 Å².